The van der Waals surface area contributed by atoms with Crippen LogP contribution in [0.3, 0.4) is 0 Å². The van der Waals surface area contributed by atoms with Gasteiger partial charge in [0.2, 0.25) is 5.91 Å². The summed E-state index contributed by atoms with van der Waals surface area (Å²) in [6.07, 6.45) is 5.95. The molecule has 1 atom stereocenters. The van der Waals surface area contributed by atoms with Gasteiger partial charge in [-0.25, -0.2) is 9.98 Å². The van der Waals surface area contributed by atoms with E-state index in [1.54, 1.807) is 6.20 Å². The number of aliphatic imine (C=N–C) groups is 1. The Hall–Kier alpha value is -2.14. The van der Waals surface area contributed by atoms with E-state index < -0.39 is 0 Å². The van der Waals surface area contributed by atoms with Gasteiger partial charge in [-0.3, -0.25) is 4.79 Å². The molecular weight excluding hydrogens is 318 g/mol. The molecule has 0 bridgehead atoms. The number of aromatic nitrogens is 1. The van der Waals surface area contributed by atoms with E-state index in [-0.39, 0.29) is 11.2 Å². The quantitative estimate of drug-likeness (QED) is 0.869. The molecule has 0 radical (unpaired) electrons. The van der Waals surface area contributed by atoms with Gasteiger partial charge in [0.25, 0.3) is 0 Å². The summed E-state index contributed by atoms with van der Waals surface area (Å²) in [5.74, 6) is 0.631. The third-order valence-corrected chi connectivity index (χ3v) is 4.99. The van der Waals surface area contributed by atoms with Crippen LogP contribution in [0.4, 0.5) is 5.82 Å². The molecule has 1 aliphatic heterocycles. The van der Waals surface area contributed by atoms with Crippen molar-refractivity contribution in [1.29, 1.82) is 0 Å². The molecule has 1 aliphatic rings. The Morgan fingerprint density at radius 3 is 2.67 bits per heavy atom. The molecule has 1 saturated heterocycles. The number of thioether (sulfide) groups is 1. The number of benzene rings is 1. The third kappa shape index (κ3) is 4.45. The van der Waals surface area contributed by atoms with Gasteiger partial charge in [0, 0.05) is 6.20 Å². The van der Waals surface area contributed by atoms with Crippen molar-refractivity contribution >= 4 is 28.7 Å². The summed E-state index contributed by atoms with van der Waals surface area (Å²) >= 11 is 1.48. The van der Waals surface area contributed by atoms with Crippen LogP contribution in [0, 0.1) is 0 Å². The zero-order valence-electron chi connectivity index (χ0n) is 13.7. The number of aryl methyl sites for hydroxylation is 1. The minimum atomic E-state index is -0.131. The van der Waals surface area contributed by atoms with Crippen LogP contribution in [0.15, 0.2) is 53.7 Å². The highest BCUT2D eigenvalue weighted by molar-refractivity contribution is 8.15. The Morgan fingerprint density at radius 1 is 1.17 bits per heavy atom. The molecule has 0 spiro atoms. The molecule has 2 aromatic rings. The molecule has 1 N–H and O–H groups in total. The number of hydrogen-bond donors (Lipinski definition) is 1. The van der Waals surface area contributed by atoms with Crippen molar-refractivity contribution in [2.75, 3.05) is 0 Å². The lowest BCUT2D eigenvalue weighted by Crippen LogP contribution is -2.25. The van der Waals surface area contributed by atoms with Gasteiger partial charge in [0.1, 0.15) is 0 Å². The van der Waals surface area contributed by atoms with Crippen molar-refractivity contribution in [3.05, 3.63) is 59.8 Å². The van der Waals surface area contributed by atoms with Crippen LogP contribution in [-0.4, -0.2) is 21.3 Å². The van der Waals surface area contributed by atoms with E-state index >= 15 is 0 Å². The Kier molecular flexibility index (Phi) is 5.64. The van der Waals surface area contributed by atoms with Gasteiger partial charge in [-0.2, -0.15) is 0 Å². The highest BCUT2D eigenvalue weighted by Gasteiger charge is 2.30. The Labute approximate surface area is 146 Å². The zero-order valence-corrected chi connectivity index (χ0v) is 14.6. The number of carbonyl (C=O) groups excluding carboxylic acids is 1. The van der Waals surface area contributed by atoms with Gasteiger partial charge >= 0.3 is 0 Å². The molecule has 4 nitrogen and oxygen atoms in total. The van der Waals surface area contributed by atoms with Crippen molar-refractivity contribution in [2.24, 2.45) is 4.99 Å². The SMILES string of the molecule is CCCCc1ccc(CC2SC(=Nc3ccccn3)NC2=O)cc1. The first kappa shape index (κ1) is 16.7. The van der Waals surface area contributed by atoms with Gasteiger partial charge in [-0.05, 0) is 42.5 Å². The number of carbonyl (C=O) groups is 1. The average Bonchev–Trinajstić information content (AvgIpc) is 2.94. The largest absolute Gasteiger partial charge is 0.304 e. The van der Waals surface area contributed by atoms with Crippen molar-refractivity contribution in [2.45, 2.75) is 37.9 Å². The van der Waals surface area contributed by atoms with E-state index in [2.05, 4.69) is 46.5 Å². The van der Waals surface area contributed by atoms with Gasteiger partial charge in [-0.1, -0.05) is 55.4 Å². The van der Waals surface area contributed by atoms with Gasteiger partial charge < -0.3 is 5.32 Å². The van der Waals surface area contributed by atoms with E-state index in [9.17, 15) is 4.79 Å². The second-order valence-electron chi connectivity index (χ2n) is 5.82. The van der Waals surface area contributed by atoms with E-state index in [1.807, 2.05) is 18.2 Å². The normalized spacial score (nSPS) is 18.8. The topological polar surface area (TPSA) is 54.4 Å². The molecule has 24 heavy (non-hydrogen) atoms. The maximum Gasteiger partial charge on any atom is 0.239 e. The van der Waals surface area contributed by atoms with E-state index in [0.29, 0.717) is 17.4 Å². The average molecular weight is 339 g/mol. The Balaban J connectivity index is 1.61. The molecule has 3 rings (SSSR count). The fraction of sp³-hybridized carbons (Fsp3) is 0.316. The second-order valence-corrected chi connectivity index (χ2v) is 7.02. The summed E-state index contributed by atoms with van der Waals surface area (Å²) < 4.78 is 0. The zero-order chi connectivity index (χ0) is 16.8. The molecule has 1 amide bonds. The van der Waals surface area contributed by atoms with Crippen molar-refractivity contribution in [3.8, 4) is 0 Å². The van der Waals surface area contributed by atoms with Crippen molar-refractivity contribution < 1.29 is 4.79 Å². The van der Waals surface area contributed by atoms with Crippen LogP contribution in [0.25, 0.3) is 0 Å². The van der Waals surface area contributed by atoms with Crippen molar-refractivity contribution in [1.82, 2.24) is 10.3 Å². The molecule has 1 unspecified atom stereocenters. The van der Waals surface area contributed by atoms with E-state index in [0.717, 1.165) is 6.42 Å². The predicted octanol–water partition coefficient (Wildman–Crippen LogP) is 3.89. The number of unbranched alkanes of at least 4 members (excludes halogenated alkanes) is 1. The number of amides is 1. The summed E-state index contributed by atoms with van der Waals surface area (Å²) in [6.45, 7) is 2.20. The molecule has 0 aliphatic carbocycles. The maximum absolute atomic E-state index is 12.2. The Morgan fingerprint density at radius 2 is 1.96 bits per heavy atom. The number of nitrogens with zero attached hydrogens (tertiary/aromatic N) is 2. The highest BCUT2D eigenvalue weighted by Crippen LogP contribution is 2.25. The van der Waals surface area contributed by atoms with Gasteiger partial charge in [0.15, 0.2) is 11.0 Å². The fourth-order valence-corrected chi connectivity index (χ4v) is 3.57. The summed E-state index contributed by atoms with van der Waals surface area (Å²) in [7, 11) is 0. The van der Waals surface area contributed by atoms with Crippen LogP contribution in [0.2, 0.25) is 0 Å². The second kappa shape index (κ2) is 8.11. The number of rotatable bonds is 6. The van der Waals surface area contributed by atoms with Crippen molar-refractivity contribution in [3.63, 3.8) is 0 Å². The Bertz CT molecular complexity index is 713. The number of pyridine rings is 1. The molecular formula is C19H21N3OS. The summed E-state index contributed by atoms with van der Waals surface area (Å²) in [5, 5.41) is 3.34. The van der Waals surface area contributed by atoms with Crippen LogP contribution in [0.1, 0.15) is 30.9 Å². The minimum Gasteiger partial charge on any atom is -0.304 e. The molecule has 1 aromatic carbocycles. The molecule has 1 fully saturated rings. The molecule has 2 heterocycles. The number of nitrogens with one attached hydrogen (secondary N) is 1. The first-order valence-corrected chi connectivity index (χ1v) is 9.17. The molecule has 5 heteroatoms. The lowest BCUT2D eigenvalue weighted by Gasteiger charge is -2.07. The highest BCUT2D eigenvalue weighted by atomic mass is 32.2. The third-order valence-electron chi connectivity index (χ3n) is 3.90. The number of hydrogen-bond acceptors (Lipinski definition) is 4. The molecule has 0 saturated carbocycles. The standard InChI is InChI=1S/C19H21N3OS/c1-2-3-6-14-8-10-15(11-9-14)13-16-18(23)22-19(24-16)21-17-7-4-5-12-20-17/h4-5,7-12,16H,2-3,6,13H2,1H3,(H,20,21,22,23). The smallest absolute Gasteiger partial charge is 0.239 e. The fourth-order valence-electron chi connectivity index (χ4n) is 2.55. The number of amidine groups is 1. The van der Waals surface area contributed by atoms with E-state index in [1.165, 1.54) is 35.7 Å². The van der Waals surface area contributed by atoms with E-state index in [4.69, 9.17) is 0 Å². The lowest BCUT2D eigenvalue weighted by molar-refractivity contribution is -0.118. The maximum atomic E-state index is 12.2. The van der Waals surface area contributed by atoms with Crippen LogP contribution < -0.4 is 5.32 Å². The first-order chi connectivity index (χ1) is 11.7. The molecule has 1 aromatic heterocycles. The van der Waals surface area contributed by atoms with Crippen LogP contribution >= 0.6 is 11.8 Å². The summed E-state index contributed by atoms with van der Waals surface area (Å²) in [4.78, 5) is 20.7. The summed E-state index contributed by atoms with van der Waals surface area (Å²) in [5.41, 5.74) is 2.54. The van der Waals surface area contributed by atoms with Crippen LogP contribution in [-0.2, 0) is 17.6 Å². The van der Waals surface area contributed by atoms with Gasteiger partial charge in [0.05, 0.1) is 5.25 Å². The minimum absolute atomic E-state index is 0.0183. The predicted molar refractivity (Wildman–Crippen MR) is 99.6 cm³/mol. The molecule has 124 valence electrons. The summed E-state index contributed by atoms with van der Waals surface area (Å²) in [6, 6.07) is 14.2. The van der Waals surface area contributed by atoms with Crippen LogP contribution in [0.5, 0.6) is 0 Å². The first-order valence-electron chi connectivity index (χ1n) is 8.29. The van der Waals surface area contributed by atoms with Gasteiger partial charge in [-0.15, -0.1) is 0 Å². The lowest BCUT2D eigenvalue weighted by atomic mass is 10.0. The monoisotopic (exact) mass is 339 g/mol.